The van der Waals surface area contributed by atoms with Gasteiger partial charge >= 0.3 is 0 Å². The van der Waals surface area contributed by atoms with Crippen LogP contribution in [0.1, 0.15) is 18.1 Å². The Morgan fingerprint density at radius 1 is 1.06 bits per heavy atom. The summed E-state index contributed by atoms with van der Waals surface area (Å²) in [5, 5.41) is 19.9. The number of nitrogens with zero attached hydrogens (tertiary/aromatic N) is 4. The van der Waals surface area contributed by atoms with Crippen LogP contribution in [0.3, 0.4) is 0 Å². The summed E-state index contributed by atoms with van der Waals surface area (Å²) in [5.74, 6) is 1.00. The number of aromatic nitrogens is 4. The van der Waals surface area contributed by atoms with Gasteiger partial charge in [0.2, 0.25) is 5.95 Å². The zero-order valence-corrected chi connectivity index (χ0v) is 17.5. The summed E-state index contributed by atoms with van der Waals surface area (Å²) in [6.07, 6.45) is 0. The molecule has 0 fully saturated rings. The lowest BCUT2D eigenvalue weighted by Crippen LogP contribution is -2.20. The fourth-order valence-corrected chi connectivity index (χ4v) is 3.32. The van der Waals surface area contributed by atoms with Crippen molar-refractivity contribution in [2.45, 2.75) is 26.9 Å². The Balaban J connectivity index is 1.51. The van der Waals surface area contributed by atoms with E-state index in [2.05, 4.69) is 26.2 Å². The van der Waals surface area contributed by atoms with Crippen molar-refractivity contribution in [2.75, 3.05) is 17.2 Å². The van der Waals surface area contributed by atoms with E-state index in [1.165, 1.54) is 0 Å². The first kappa shape index (κ1) is 20.3. The maximum Gasteiger partial charge on any atom is 0.262 e. The van der Waals surface area contributed by atoms with E-state index in [-0.39, 0.29) is 12.5 Å². The first-order valence-corrected chi connectivity index (χ1v) is 10.1. The van der Waals surface area contributed by atoms with Gasteiger partial charge in [-0.3, -0.25) is 4.79 Å². The highest BCUT2D eigenvalue weighted by molar-refractivity contribution is 5.92. The van der Waals surface area contributed by atoms with Crippen LogP contribution in [0.25, 0.3) is 10.8 Å². The summed E-state index contributed by atoms with van der Waals surface area (Å²) in [7, 11) is 0. The normalized spacial score (nSPS) is 10.8. The monoisotopic (exact) mass is 416 g/mol. The minimum atomic E-state index is -0.217. The van der Waals surface area contributed by atoms with Crippen molar-refractivity contribution in [1.82, 2.24) is 20.2 Å². The average molecular weight is 416 g/mol. The third-order valence-electron chi connectivity index (χ3n) is 4.95. The highest BCUT2D eigenvalue weighted by atomic mass is 16.5. The van der Waals surface area contributed by atoms with Crippen molar-refractivity contribution in [3.05, 3.63) is 71.8 Å². The largest absolute Gasteiger partial charge is 0.483 e. The van der Waals surface area contributed by atoms with Gasteiger partial charge in [0.15, 0.2) is 6.61 Å². The first-order valence-electron chi connectivity index (χ1n) is 10.1. The second-order valence-corrected chi connectivity index (χ2v) is 7.14. The standard InChI is InChI=1S/C23H24N6O2/c1-3-29-23(26-27-28-29)24-14-20-19-7-5-4-6-17(19)10-13-21(20)31-15-22(30)25-18-11-8-16(2)9-12-18/h4-13H,3,14-15H2,1-2H3,(H,25,30)(H,24,26,28). The van der Waals surface area contributed by atoms with E-state index in [0.717, 1.165) is 27.6 Å². The summed E-state index contributed by atoms with van der Waals surface area (Å²) in [5.41, 5.74) is 2.81. The van der Waals surface area contributed by atoms with E-state index < -0.39 is 0 Å². The second-order valence-electron chi connectivity index (χ2n) is 7.14. The molecule has 0 saturated carbocycles. The van der Waals surface area contributed by atoms with Crippen LogP contribution in [0.4, 0.5) is 11.6 Å². The molecule has 4 rings (SSSR count). The number of carbonyl (C=O) groups is 1. The molecule has 4 aromatic rings. The highest BCUT2D eigenvalue weighted by Crippen LogP contribution is 2.29. The van der Waals surface area contributed by atoms with E-state index in [1.54, 1.807) is 4.68 Å². The number of hydrogen-bond acceptors (Lipinski definition) is 6. The molecule has 0 aliphatic rings. The van der Waals surface area contributed by atoms with Gasteiger partial charge < -0.3 is 15.4 Å². The molecule has 1 amide bonds. The van der Waals surface area contributed by atoms with E-state index in [9.17, 15) is 4.79 Å². The Labute approximate surface area is 180 Å². The predicted octanol–water partition coefficient (Wildman–Crippen LogP) is 3.78. The zero-order valence-electron chi connectivity index (χ0n) is 17.5. The number of tetrazole rings is 1. The molecule has 0 aliphatic carbocycles. The summed E-state index contributed by atoms with van der Waals surface area (Å²) in [6.45, 7) is 5.00. The third-order valence-corrected chi connectivity index (χ3v) is 4.95. The van der Waals surface area contributed by atoms with Crippen LogP contribution in [-0.2, 0) is 17.9 Å². The molecule has 0 unspecified atom stereocenters. The number of hydrogen-bond donors (Lipinski definition) is 2. The molecule has 3 aromatic carbocycles. The molecule has 2 N–H and O–H groups in total. The fraction of sp³-hybridized carbons (Fsp3) is 0.217. The number of nitrogens with one attached hydrogen (secondary N) is 2. The average Bonchev–Trinajstić information content (AvgIpc) is 3.25. The van der Waals surface area contributed by atoms with E-state index in [0.29, 0.717) is 24.8 Å². The number of benzene rings is 3. The van der Waals surface area contributed by atoms with E-state index in [1.807, 2.05) is 74.5 Å². The quantitative estimate of drug-likeness (QED) is 0.454. The van der Waals surface area contributed by atoms with Crippen LogP contribution in [0.2, 0.25) is 0 Å². The lowest BCUT2D eigenvalue weighted by molar-refractivity contribution is -0.118. The molecule has 0 saturated heterocycles. The first-order chi connectivity index (χ1) is 15.1. The molecule has 158 valence electrons. The lowest BCUT2D eigenvalue weighted by Gasteiger charge is -2.15. The fourth-order valence-electron chi connectivity index (χ4n) is 3.32. The van der Waals surface area contributed by atoms with Gasteiger partial charge in [-0.1, -0.05) is 53.1 Å². The Hall–Kier alpha value is -3.94. The molecule has 8 nitrogen and oxygen atoms in total. The van der Waals surface area contributed by atoms with Crippen molar-refractivity contribution >= 4 is 28.3 Å². The summed E-state index contributed by atoms with van der Waals surface area (Å²) >= 11 is 0. The number of anilines is 2. The Kier molecular flexibility index (Phi) is 6.07. The van der Waals surface area contributed by atoms with Crippen LogP contribution >= 0.6 is 0 Å². The minimum Gasteiger partial charge on any atom is -0.483 e. The number of ether oxygens (including phenoxy) is 1. The summed E-state index contributed by atoms with van der Waals surface area (Å²) in [4.78, 5) is 12.4. The van der Waals surface area contributed by atoms with Gasteiger partial charge in [0, 0.05) is 24.3 Å². The van der Waals surface area contributed by atoms with Crippen LogP contribution < -0.4 is 15.4 Å². The predicted molar refractivity (Wildman–Crippen MR) is 120 cm³/mol. The number of aryl methyl sites for hydroxylation is 2. The smallest absolute Gasteiger partial charge is 0.262 e. The van der Waals surface area contributed by atoms with Gasteiger partial charge in [0.05, 0.1) is 0 Å². The van der Waals surface area contributed by atoms with Crippen LogP contribution in [0, 0.1) is 6.92 Å². The Morgan fingerprint density at radius 2 is 1.87 bits per heavy atom. The van der Waals surface area contributed by atoms with Crippen LogP contribution in [0.15, 0.2) is 60.7 Å². The van der Waals surface area contributed by atoms with Crippen molar-refractivity contribution < 1.29 is 9.53 Å². The molecule has 0 atom stereocenters. The molecule has 1 aromatic heterocycles. The van der Waals surface area contributed by atoms with Crippen LogP contribution in [-0.4, -0.2) is 32.7 Å². The van der Waals surface area contributed by atoms with Gasteiger partial charge in [0.1, 0.15) is 5.75 Å². The maximum absolute atomic E-state index is 12.4. The number of amides is 1. The van der Waals surface area contributed by atoms with Gasteiger partial charge in [-0.25, -0.2) is 4.68 Å². The second kappa shape index (κ2) is 9.25. The van der Waals surface area contributed by atoms with E-state index in [4.69, 9.17) is 4.74 Å². The number of rotatable bonds is 8. The molecule has 1 heterocycles. The Morgan fingerprint density at radius 3 is 2.68 bits per heavy atom. The number of carbonyl (C=O) groups excluding carboxylic acids is 1. The van der Waals surface area contributed by atoms with Crippen molar-refractivity contribution in [2.24, 2.45) is 0 Å². The Bertz CT molecular complexity index is 1190. The topological polar surface area (TPSA) is 94.0 Å². The van der Waals surface area contributed by atoms with Crippen molar-refractivity contribution in [3.63, 3.8) is 0 Å². The molecule has 0 spiro atoms. The minimum absolute atomic E-state index is 0.0914. The van der Waals surface area contributed by atoms with Gasteiger partial charge in [-0.05, 0) is 53.2 Å². The summed E-state index contributed by atoms with van der Waals surface area (Å²) in [6, 6.07) is 19.6. The molecular formula is C23H24N6O2. The van der Waals surface area contributed by atoms with Crippen LogP contribution in [0.5, 0.6) is 5.75 Å². The third kappa shape index (κ3) is 4.80. The maximum atomic E-state index is 12.4. The molecule has 31 heavy (non-hydrogen) atoms. The SMILES string of the molecule is CCn1nnnc1NCc1c(OCC(=O)Nc2ccc(C)cc2)ccc2ccccc12. The molecule has 0 aliphatic heterocycles. The lowest BCUT2D eigenvalue weighted by atomic mass is 10.0. The zero-order chi connectivity index (χ0) is 21.6. The van der Waals surface area contributed by atoms with E-state index >= 15 is 0 Å². The molecule has 0 radical (unpaired) electrons. The highest BCUT2D eigenvalue weighted by Gasteiger charge is 2.13. The van der Waals surface area contributed by atoms with Gasteiger partial charge in [-0.2, -0.15) is 0 Å². The molecule has 8 heteroatoms. The van der Waals surface area contributed by atoms with Gasteiger partial charge in [0.25, 0.3) is 5.91 Å². The molecular weight excluding hydrogens is 392 g/mol. The summed E-state index contributed by atoms with van der Waals surface area (Å²) < 4.78 is 7.60. The number of fused-ring (bicyclic) bond motifs is 1. The van der Waals surface area contributed by atoms with Crippen molar-refractivity contribution in [3.8, 4) is 5.75 Å². The van der Waals surface area contributed by atoms with Crippen molar-refractivity contribution in [1.29, 1.82) is 0 Å². The molecule has 0 bridgehead atoms. The van der Waals surface area contributed by atoms with Gasteiger partial charge in [-0.15, -0.1) is 0 Å².